The van der Waals surface area contributed by atoms with Crippen molar-refractivity contribution in [1.29, 1.82) is 0 Å². The molecular weight excluding hydrogens is 234 g/mol. The second-order valence-electron chi connectivity index (χ2n) is 4.04. The summed E-state index contributed by atoms with van der Waals surface area (Å²) in [4.78, 5) is 0. The highest BCUT2D eigenvalue weighted by atomic mass is 35.5. The monoisotopic (exact) mass is 249 g/mol. The van der Waals surface area contributed by atoms with Crippen LogP contribution >= 0.6 is 11.6 Å². The van der Waals surface area contributed by atoms with Crippen LogP contribution in [-0.4, -0.2) is 11.7 Å². The van der Waals surface area contributed by atoms with Crippen LogP contribution in [0.2, 0.25) is 0 Å². The predicted molar refractivity (Wildman–Crippen MR) is 72.8 cm³/mol. The molecule has 0 amide bonds. The molecule has 1 atom stereocenters. The Morgan fingerprint density at radius 3 is 2.59 bits per heavy atom. The van der Waals surface area contributed by atoms with Crippen molar-refractivity contribution in [2.75, 3.05) is 12.3 Å². The fraction of sp³-hybridized carbons (Fsp3) is 0.286. The summed E-state index contributed by atoms with van der Waals surface area (Å²) in [6.07, 6.45) is 6.67. The van der Waals surface area contributed by atoms with Gasteiger partial charge in [-0.1, -0.05) is 35.9 Å². The largest absolute Gasteiger partial charge is 0.399 e. The van der Waals surface area contributed by atoms with Gasteiger partial charge in [-0.2, -0.15) is 0 Å². The number of hydrogen-bond donors (Lipinski definition) is 1. The van der Waals surface area contributed by atoms with E-state index in [2.05, 4.69) is 6.08 Å². The first kappa shape index (κ1) is 12.2. The van der Waals surface area contributed by atoms with E-state index in [0.717, 1.165) is 16.8 Å². The molecule has 0 aliphatic heterocycles. The first-order valence-corrected chi connectivity index (χ1v) is 6.09. The molecule has 17 heavy (non-hydrogen) atoms. The van der Waals surface area contributed by atoms with Gasteiger partial charge in [0.1, 0.15) is 0 Å². The van der Waals surface area contributed by atoms with Crippen LogP contribution < -0.4 is 5.73 Å². The van der Waals surface area contributed by atoms with Crippen molar-refractivity contribution in [2.24, 2.45) is 0 Å². The predicted octanol–water partition coefficient (Wildman–Crippen LogP) is 3.58. The smallest absolute Gasteiger partial charge is 0.164 e. The van der Waals surface area contributed by atoms with E-state index < -0.39 is 5.06 Å². The summed E-state index contributed by atoms with van der Waals surface area (Å²) in [6, 6.07) is 7.81. The summed E-state index contributed by atoms with van der Waals surface area (Å²) in [5, 5.41) is -0.675. The third-order valence-corrected chi connectivity index (χ3v) is 3.13. The average Bonchev–Trinajstić information content (AvgIpc) is 2.31. The second-order valence-corrected chi connectivity index (χ2v) is 4.68. The molecule has 1 aliphatic carbocycles. The Morgan fingerprint density at radius 2 is 2.06 bits per heavy atom. The Kier molecular flexibility index (Phi) is 3.55. The highest BCUT2D eigenvalue weighted by Crippen LogP contribution is 2.32. The normalized spacial score (nSPS) is 23.5. The van der Waals surface area contributed by atoms with Crippen LogP contribution in [0.5, 0.6) is 0 Å². The standard InChI is InChI=1S/C14H16ClNO/c1-2-17-14(15)9-7-12(8-10-14)11-3-5-13(16)6-4-11/h3-9H,2,10,16H2,1H3. The van der Waals surface area contributed by atoms with Gasteiger partial charge in [-0.15, -0.1) is 0 Å². The van der Waals surface area contributed by atoms with Gasteiger partial charge in [0.2, 0.25) is 0 Å². The Balaban J connectivity index is 2.14. The molecule has 0 spiro atoms. The van der Waals surface area contributed by atoms with E-state index in [0.29, 0.717) is 13.0 Å². The lowest BCUT2D eigenvalue weighted by molar-refractivity contribution is 0.0652. The van der Waals surface area contributed by atoms with Gasteiger partial charge in [0.25, 0.3) is 0 Å². The van der Waals surface area contributed by atoms with E-state index in [4.69, 9.17) is 22.1 Å². The van der Waals surface area contributed by atoms with Crippen molar-refractivity contribution in [3.8, 4) is 0 Å². The molecule has 0 heterocycles. The minimum absolute atomic E-state index is 0.610. The van der Waals surface area contributed by atoms with Gasteiger partial charge in [0, 0.05) is 18.7 Å². The highest BCUT2D eigenvalue weighted by Gasteiger charge is 2.25. The summed E-state index contributed by atoms with van der Waals surface area (Å²) in [5.41, 5.74) is 8.73. The van der Waals surface area contributed by atoms with Crippen molar-refractivity contribution < 1.29 is 4.74 Å². The number of hydrogen-bond acceptors (Lipinski definition) is 2. The maximum absolute atomic E-state index is 6.28. The Labute approximate surface area is 107 Å². The molecule has 1 unspecified atom stereocenters. The van der Waals surface area contributed by atoms with Crippen LogP contribution in [0.15, 0.2) is 42.5 Å². The van der Waals surface area contributed by atoms with Gasteiger partial charge in [0.15, 0.2) is 5.06 Å². The SMILES string of the molecule is CCOC1(Cl)C=CC(c2ccc(N)cc2)=CC1. The van der Waals surface area contributed by atoms with E-state index in [9.17, 15) is 0 Å². The van der Waals surface area contributed by atoms with Gasteiger partial charge in [-0.3, -0.25) is 0 Å². The van der Waals surface area contributed by atoms with Crippen LogP contribution in [-0.2, 0) is 4.74 Å². The molecule has 90 valence electrons. The lowest BCUT2D eigenvalue weighted by Crippen LogP contribution is -2.23. The molecule has 1 aromatic carbocycles. The Morgan fingerprint density at radius 1 is 1.35 bits per heavy atom. The molecule has 2 nitrogen and oxygen atoms in total. The van der Waals surface area contributed by atoms with E-state index in [-0.39, 0.29) is 0 Å². The van der Waals surface area contributed by atoms with Crippen LogP contribution in [0.25, 0.3) is 5.57 Å². The number of allylic oxidation sites excluding steroid dienone is 2. The molecule has 0 fully saturated rings. The first-order valence-electron chi connectivity index (χ1n) is 5.71. The molecule has 1 aliphatic rings. The van der Waals surface area contributed by atoms with Gasteiger partial charge in [0.05, 0.1) is 0 Å². The molecule has 0 radical (unpaired) electrons. The first-order chi connectivity index (χ1) is 8.13. The van der Waals surface area contributed by atoms with E-state index in [1.807, 2.05) is 43.3 Å². The van der Waals surface area contributed by atoms with Crippen LogP contribution in [0, 0.1) is 0 Å². The van der Waals surface area contributed by atoms with Crippen molar-refractivity contribution in [1.82, 2.24) is 0 Å². The number of anilines is 1. The van der Waals surface area contributed by atoms with Crippen molar-refractivity contribution in [3.63, 3.8) is 0 Å². The minimum Gasteiger partial charge on any atom is -0.399 e. The topological polar surface area (TPSA) is 35.2 Å². The fourth-order valence-corrected chi connectivity index (χ4v) is 2.09. The van der Waals surface area contributed by atoms with Gasteiger partial charge >= 0.3 is 0 Å². The highest BCUT2D eigenvalue weighted by molar-refractivity contribution is 6.24. The molecule has 1 aromatic rings. The van der Waals surface area contributed by atoms with Crippen LogP contribution in [0.4, 0.5) is 5.69 Å². The summed E-state index contributed by atoms with van der Waals surface area (Å²) in [7, 11) is 0. The summed E-state index contributed by atoms with van der Waals surface area (Å²) < 4.78 is 5.49. The Bertz CT molecular complexity index is 450. The lowest BCUT2D eigenvalue weighted by atomic mass is 9.98. The molecule has 0 bridgehead atoms. The van der Waals surface area contributed by atoms with E-state index >= 15 is 0 Å². The van der Waals surface area contributed by atoms with Gasteiger partial charge in [-0.25, -0.2) is 0 Å². The number of alkyl halides is 1. The summed E-state index contributed by atoms with van der Waals surface area (Å²) in [5.74, 6) is 0. The molecule has 2 N–H and O–H groups in total. The van der Waals surface area contributed by atoms with Crippen molar-refractivity contribution >= 4 is 22.9 Å². The van der Waals surface area contributed by atoms with Gasteiger partial charge < -0.3 is 10.5 Å². The van der Waals surface area contributed by atoms with Gasteiger partial charge in [-0.05, 0) is 36.3 Å². The maximum Gasteiger partial charge on any atom is 0.164 e. The number of nitrogen functional groups attached to an aromatic ring is 1. The third kappa shape index (κ3) is 2.90. The molecule has 0 saturated carbocycles. The second kappa shape index (κ2) is 4.94. The zero-order chi connectivity index (χ0) is 12.3. The number of nitrogens with two attached hydrogens (primary N) is 1. The maximum atomic E-state index is 6.28. The number of ether oxygens (including phenoxy) is 1. The lowest BCUT2D eigenvalue weighted by Gasteiger charge is -2.25. The van der Waals surface area contributed by atoms with E-state index in [1.54, 1.807) is 0 Å². The number of halogens is 1. The quantitative estimate of drug-likeness (QED) is 0.656. The number of benzene rings is 1. The van der Waals surface area contributed by atoms with Crippen LogP contribution in [0.1, 0.15) is 18.9 Å². The molecular formula is C14H16ClNO. The zero-order valence-corrected chi connectivity index (χ0v) is 10.6. The summed E-state index contributed by atoms with van der Waals surface area (Å²) >= 11 is 6.28. The summed E-state index contributed by atoms with van der Waals surface area (Å²) in [6.45, 7) is 2.55. The van der Waals surface area contributed by atoms with Crippen molar-refractivity contribution in [2.45, 2.75) is 18.4 Å². The fourth-order valence-electron chi connectivity index (χ4n) is 1.84. The number of rotatable bonds is 3. The molecule has 3 heteroatoms. The van der Waals surface area contributed by atoms with Crippen molar-refractivity contribution in [3.05, 3.63) is 48.1 Å². The minimum atomic E-state index is -0.675. The zero-order valence-electron chi connectivity index (χ0n) is 9.82. The van der Waals surface area contributed by atoms with Crippen LogP contribution in [0.3, 0.4) is 0 Å². The average molecular weight is 250 g/mol. The Hall–Kier alpha value is -1.25. The molecule has 2 rings (SSSR count). The molecule has 0 saturated heterocycles. The molecule has 0 aromatic heterocycles. The third-order valence-electron chi connectivity index (χ3n) is 2.74. The van der Waals surface area contributed by atoms with E-state index in [1.165, 1.54) is 0 Å².